The first kappa shape index (κ1) is 19.5. The second-order valence-electron chi connectivity index (χ2n) is 7.17. The van der Waals surface area contributed by atoms with Crippen LogP contribution >= 0.6 is 15.9 Å². The summed E-state index contributed by atoms with van der Waals surface area (Å²) in [6.45, 7) is 0. The summed E-state index contributed by atoms with van der Waals surface area (Å²) in [6, 6.07) is 14.4. The van der Waals surface area contributed by atoms with Crippen molar-refractivity contribution in [2.75, 3.05) is 16.0 Å². The van der Waals surface area contributed by atoms with E-state index >= 15 is 0 Å². The average Bonchev–Trinajstić information content (AvgIpc) is 2.73. The van der Waals surface area contributed by atoms with Crippen LogP contribution in [0.5, 0.6) is 0 Å². The number of hydrogen-bond donors (Lipinski definition) is 3. The average molecular weight is 456 g/mol. The maximum atomic E-state index is 12.7. The van der Waals surface area contributed by atoms with Crippen molar-refractivity contribution in [2.45, 2.75) is 38.1 Å². The predicted molar refractivity (Wildman–Crippen MR) is 120 cm³/mol. The zero-order valence-corrected chi connectivity index (χ0v) is 17.4. The summed E-state index contributed by atoms with van der Waals surface area (Å²) in [7, 11) is 0. The fraction of sp³-hybridized carbons (Fsp3) is 0.273. The molecule has 1 fully saturated rings. The molecule has 0 aliphatic heterocycles. The Kier molecular flexibility index (Phi) is 5.85. The van der Waals surface area contributed by atoms with Gasteiger partial charge in [0.1, 0.15) is 5.58 Å². The van der Waals surface area contributed by atoms with Crippen LogP contribution < -0.4 is 21.6 Å². The molecule has 1 aliphatic rings. The quantitative estimate of drug-likeness (QED) is 0.424. The van der Waals surface area contributed by atoms with Crippen LogP contribution in [-0.2, 0) is 0 Å². The third-order valence-electron chi connectivity index (χ3n) is 5.13. The summed E-state index contributed by atoms with van der Waals surface area (Å²) in [6.07, 6.45) is 5.62. The van der Waals surface area contributed by atoms with Gasteiger partial charge in [0.25, 0.3) is 0 Å². The molecule has 150 valence electrons. The molecular weight excluding hydrogens is 434 g/mol. The summed E-state index contributed by atoms with van der Waals surface area (Å²) in [5.41, 5.74) is 1.26. The van der Waals surface area contributed by atoms with Crippen LogP contribution in [0.25, 0.3) is 11.0 Å². The summed E-state index contributed by atoms with van der Waals surface area (Å²) in [5, 5.41) is 9.73. The van der Waals surface area contributed by atoms with Crippen LogP contribution in [0.2, 0.25) is 0 Å². The van der Waals surface area contributed by atoms with Crippen molar-refractivity contribution in [3.8, 4) is 0 Å². The summed E-state index contributed by atoms with van der Waals surface area (Å²) in [5.74, 6) is 0. The van der Waals surface area contributed by atoms with Crippen LogP contribution in [0.1, 0.15) is 32.1 Å². The van der Waals surface area contributed by atoms with E-state index in [0.29, 0.717) is 17.0 Å². The molecule has 4 rings (SSSR count). The number of urea groups is 1. The molecule has 2 aromatic carbocycles. The van der Waals surface area contributed by atoms with Crippen LogP contribution in [0.3, 0.4) is 0 Å². The molecule has 0 saturated heterocycles. The molecule has 1 heterocycles. The van der Waals surface area contributed by atoms with E-state index in [1.54, 1.807) is 12.1 Å². The SMILES string of the molecule is O=C(Nc1ccccc1Br)Nc1c(NC2CCCCC2)c2ccccc2oc1=O. The Bertz CT molecular complexity index is 1090. The number of hydrogen-bond acceptors (Lipinski definition) is 4. The van der Waals surface area contributed by atoms with E-state index in [9.17, 15) is 9.59 Å². The number of fused-ring (bicyclic) bond motifs is 1. The molecule has 6 nitrogen and oxygen atoms in total. The van der Waals surface area contributed by atoms with E-state index in [2.05, 4.69) is 31.9 Å². The van der Waals surface area contributed by atoms with Crippen LogP contribution in [0.4, 0.5) is 21.9 Å². The maximum absolute atomic E-state index is 12.7. The Morgan fingerprint density at radius 1 is 0.931 bits per heavy atom. The number of nitrogens with one attached hydrogen (secondary N) is 3. The lowest BCUT2D eigenvalue weighted by molar-refractivity contribution is 0.262. The van der Waals surface area contributed by atoms with Gasteiger partial charge in [0.2, 0.25) is 0 Å². The Morgan fingerprint density at radius 3 is 2.45 bits per heavy atom. The monoisotopic (exact) mass is 455 g/mol. The summed E-state index contributed by atoms with van der Waals surface area (Å²) < 4.78 is 6.20. The molecule has 2 amide bonds. The fourth-order valence-corrected chi connectivity index (χ4v) is 4.08. The lowest BCUT2D eigenvalue weighted by atomic mass is 9.95. The third kappa shape index (κ3) is 4.45. The van der Waals surface area contributed by atoms with Crippen LogP contribution in [-0.4, -0.2) is 12.1 Å². The van der Waals surface area contributed by atoms with Gasteiger partial charge in [0.15, 0.2) is 5.69 Å². The van der Waals surface area contributed by atoms with Gasteiger partial charge < -0.3 is 15.1 Å². The van der Waals surface area contributed by atoms with Gasteiger partial charge >= 0.3 is 11.7 Å². The van der Waals surface area contributed by atoms with Crippen molar-refractivity contribution in [3.05, 3.63) is 63.4 Å². The molecule has 0 bridgehead atoms. The van der Waals surface area contributed by atoms with E-state index < -0.39 is 11.7 Å². The minimum Gasteiger partial charge on any atom is -0.421 e. The molecule has 3 N–H and O–H groups in total. The van der Waals surface area contributed by atoms with Crippen LogP contribution in [0, 0.1) is 0 Å². The molecule has 1 aliphatic carbocycles. The Balaban J connectivity index is 1.67. The molecule has 29 heavy (non-hydrogen) atoms. The van der Waals surface area contributed by atoms with Crippen molar-refractivity contribution < 1.29 is 9.21 Å². The van der Waals surface area contributed by atoms with Crippen LogP contribution in [0.15, 0.2) is 62.2 Å². The van der Waals surface area contributed by atoms with Gasteiger partial charge in [-0.15, -0.1) is 0 Å². The van der Waals surface area contributed by atoms with E-state index in [-0.39, 0.29) is 11.7 Å². The molecule has 1 aromatic heterocycles. The first-order chi connectivity index (χ1) is 14.1. The number of para-hydroxylation sites is 2. The topological polar surface area (TPSA) is 83.4 Å². The van der Waals surface area contributed by atoms with E-state index in [0.717, 1.165) is 35.5 Å². The first-order valence-corrected chi connectivity index (χ1v) is 10.6. The van der Waals surface area contributed by atoms with E-state index in [1.165, 1.54) is 6.42 Å². The molecule has 0 unspecified atom stereocenters. The highest BCUT2D eigenvalue weighted by atomic mass is 79.9. The van der Waals surface area contributed by atoms with Gasteiger partial charge in [-0.2, -0.15) is 0 Å². The summed E-state index contributed by atoms with van der Waals surface area (Å²) >= 11 is 3.40. The molecular formula is C22H22BrN3O3. The normalized spacial score (nSPS) is 14.5. The van der Waals surface area contributed by atoms with Gasteiger partial charge in [-0.3, -0.25) is 5.32 Å². The Labute approximate surface area is 176 Å². The molecule has 3 aromatic rings. The van der Waals surface area contributed by atoms with Gasteiger partial charge in [0.05, 0.1) is 11.4 Å². The predicted octanol–water partition coefficient (Wildman–Crippen LogP) is 5.94. The lowest BCUT2D eigenvalue weighted by Crippen LogP contribution is -2.28. The zero-order chi connectivity index (χ0) is 20.2. The van der Waals surface area contributed by atoms with Crippen molar-refractivity contribution in [2.24, 2.45) is 0 Å². The third-order valence-corrected chi connectivity index (χ3v) is 5.82. The molecule has 0 radical (unpaired) electrons. The fourth-order valence-electron chi connectivity index (χ4n) is 3.69. The number of carbonyl (C=O) groups excluding carboxylic acids is 1. The molecule has 7 heteroatoms. The molecule has 0 spiro atoms. The summed E-state index contributed by atoms with van der Waals surface area (Å²) in [4.78, 5) is 25.3. The molecule has 1 saturated carbocycles. The van der Waals surface area contributed by atoms with E-state index in [1.807, 2.05) is 36.4 Å². The van der Waals surface area contributed by atoms with Crippen molar-refractivity contribution >= 4 is 50.0 Å². The number of carbonyl (C=O) groups is 1. The first-order valence-electron chi connectivity index (χ1n) is 9.77. The second kappa shape index (κ2) is 8.69. The Morgan fingerprint density at radius 2 is 1.66 bits per heavy atom. The second-order valence-corrected chi connectivity index (χ2v) is 8.03. The van der Waals surface area contributed by atoms with Crippen molar-refractivity contribution in [1.82, 2.24) is 0 Å². The lowest BCUT2D eigenvalue weighted by Gasteiger charge is -2.25. The minimum atomic E-state index is -0.579. The van der Waals surface area contributed by atoms with Gasteiger partial charge in [-0.1, -0.05) is 43.5 Å². The van der Waals surface area contributed by atoms with Gasteiger partial charge in [-0.25, -0.2) is 9.59 Å². The minimum absolute atomic E-state index is 0.124. The number of rotatable bonds is 4. The largest absolute Gasteiger partial charge is 0.421 e. The standard InChI is InChI=1S/C22H22BrN3O3/c23-16-11-5-6-12-17(16)25-22(28)26-20-19(24-14-8-2-1-3-9-14)15-10-4-7-13-18(15)29-21(20)27/h4-7,10-14,24H,1-3,8-9H2,(H2,25,26,28). The number of amides is 2. The smallest absolute Gasteiger partial charge is 0.362 e. The number of benzene rings is 2. The highest BCUT2D eigenvalue weighted by Gasteiger charge is 2.21. The maximum Gasteiger partial charge on any atom is 0.362 e. The zero-order valence-electron chi connectivity index (χ0n) is 15.8. The van der Waals surface area contributed by atoms with Crippen molar-refractivity contribution in [3.63, 3.8) is 0 Å². The Hall–Kier alpha value is -2.80. The van der Waals surface area contributed by atoms with E-state index in [4.69, 9.17) is 4.42 Å². The van der Waals surface area contributed by atoms with Gasteiger partial charge in [0, 0.05) is 15.9 Å². The number of anilines is 3. The highest BCUT2D eigenvalue weighted by Crippen LogP contribution is 2.32. The highest BCUT2D eigenvalue weighted by molar-refractivity contribution is 9.10. The number of halogens is 1. The van der Waals surface area contributed by atoms with Gasteiger partial charge in [-0.05, 0) is 53.0 Å². The van der Waals surface area contributed by atoms with Crippen molar-refractivity contribution in [1.29, 1.82) is 0 Å². The molecule has 0 atom stereocenters.